The first-order chi connectivity index (χ1) is 18.8. The molecule has 0 saturated heterocycles. The molecule has 5 aromatic carbocycles. The highest BCUT2D eigenvalue weighted by atomic mass is 15.0. The lowest BCUT2D eigenvalue weighted by atomic mass is 10.0. The quantitative estimate of drug-likeness (QED) is 0.251. The average molecular weight is 486 g/mol. The third-order valence-corrected chi connectivity index (χ3v) is 7.66. The summed E-state index contributed by atoms with van der Waals surface area (Å²) in [6.07, 6.45) is 0.852. The standard InChI is InChI=1S/C35H23N3/c1-2-10-24(11-3-1)35-36-33(30-22-25-12-4-5-13-27(25)34(30)37-35)23-18-20-26(21-19-23)38-31-16-8-6-14-28(31)29-15-7-9-17-32(29)38/h1-21H,22H2. The number of aromatic nitrogens is 3. The van der Waals surface area contributed by atoms with E-state index in [0.29, 0.717) is 0 Å². The summed E-state index contributed by atoms with van der Waals surface area (Å²) in [6.45, 7) is 0. The summed E-state index contributed by atoms with van der Waals surface area (Å²) in [5.74, 6) is 0.766. The number of nitrogens with zero attached hydrogens (tertiary/aromatic N) is 3. The zero-order valence-electron chi connectivity index (χ0n) is 20.7. The summed E-state index contributed by atoms with van der Waals surface area (Å²) >= 11 is 0. The van der Waals surface area contributed by atoms with Crippen LogP contribution in [0.4, 0.5) is 0 Å². The first-order valence-corrected chi connectivity index (χ1v) is 13.0. The normalized spacial score (nSPS) is 12.1. The molecule has 0 fully saturated rings. The van der Waals surface area contributed by atoms with E-state index < -0.39 is 0 Å². The fraction of sp³-hybridized carbons (Fsp3) is 0.0286. The van der Waals surface area contributed by atoms with Crippen LogP contribution >= 0.6 is 0 Å². The van der Waals surface area contributed by atoms with E-state index >= 15 is 0 Å². The lowest BCUT2D eigenvalue weighted by Crippen LogP contribution is -2.00. The predicted molar refractivity (Wildman–Crippen MR) is 155 cm³/mol. The SMILES string of the molecule is c1ccc(-c2nc(-c3ccc(-n4c5ccccc5c5ccccc54)cc3)c3c(n2)-c2ccccc2C3)cc1. The second-order valence-corrected chi connectivity index (χ2v) is 9.84. The largest absolute Gasteiger partial charge is 0.309 e. The van der Waals surface area contributed by atoms with Gasteiger partial charge in [0.15, 0.2) is 5.82 Å². The van der Waals surface area contributed by atoms with E-state index in [1.807, 2.05) is 18.2 Å². The molecule has 8 rings (SSSR count). The molecule has 178 valence electrons. The summed E-state index contributed by atoms with van der Waals surface area (Å²) < 4.78 is 2.35. The van der Waals surface area contributed by atoms with Crippen molar-refractivity contribution in [1.29, 1.82) is 0 Å². The summed E-state index contributed by atoms with van der Waals surface area (Å²) in [4.78, 5) is 10.2. The second-order valence-electron chi connectivity index (χ2n) is 9.84. The third-order valence-electron chi connectivity index (χ3n) is 7.66. The Labute approximate surface area is 220 Å². The van der Waals surface area contributed by atoms with Crippen LogP contribution in [0, 0.1) is 0 Å². The minimum Gasteiger partial charge on any atom is -0.309 e. The number of para-hydroxylation sites is 2. The molecule has 2 aromatic heterocycles. The highest BCUT2D eigenvalue weighted by molar-refractivity contribution is 6.09. The van der Waals surface area contributed by atoms with Gasteiger partial charge in [-0.1, -0.05) is 103 Å². The summed E-state index contributed by atoms with van der Waals surface area (Å²) in [5.41, 5.74) is 11.5. The molecule has 38 heavy (non-hydrogen) atoms. The average Bonchev–Trinajstić information content (AvgIpc) is 3.53. The van der Waals surface area contributed by atoms with E-state index in [1.165, 1.54) is 38.5 Å². The molecule has 3 nitrogen and oxygen atoms in total. The van der Waals surface area contributed by atoms with Gasteiger partial charge in [-0.15, -0.1) is 0 Å². The molecular weight excluding hydrogens is 462 g/mol. The molecule has 0 aliphatic heterocycles. The number of hydrogen-bond acceptors (Lipinski definition) is 2. The van der Waals surface area contributed by atoms with Crippen molar-refractivity contribution in [2.75, 3.05) is 0 Å². The van der Waals surface area contributed by atoms with Crippen LogP contribution in [0.15, 0.2) is 127 Å². The van der Waals surface area contributed by atoms with Gasteiger partial charge in [0, 0.05) is 45.1 Å². The highest BCUT2D eigenvalue weighted by Crippen LogP contribution is 2.41. The topological polar surface area (TPSA) is 30.7 Å². The number of fused-ring (bicyclic) bond motifs is 6. The van der Waals surface area contributed by atoms with Gasteiger partial charge in [-0.2, -0.15) is 0 Å². The van der Waals surface area contributed by atoms with E-state index in [4.69, 9.17) is 9.97 Å². The zero-order chi connectivity index (χ0) is 25.1. The molecule has 0 saturated carbocycles. The number of rotatable bonds is 3. The smallest absolute Gasteiger partial charge is 0.160 e. The number of hydrogen-bond donors (Lipinski definition) is 0. The molecule has 2 heterocycles. The molecule has 0 radical (unpaired) electrons. The van der Waals surface area contributed by atoms with E-state index in [-0.39, 0.29) is 0 Å². The Morgan fingerprint density at radius 1 is 0.500 bits per heavy atom. The van der Waals surface area contributed by atoms with E-state index in [0.717, 1.165) is 40.4 Å². The molecule has 0 atom stereocenters. The number of benzene rings is 5. The van der Waals surface area contributed by atoms with Gasteiger partial charge < -0.3 is 4.57 Å². The molecule has 3 heteroatoms. The Bertz CT molecular complexity index is 1930. The molecule has 7 aromatic rings. The molecule has 1 aliphatic carbocycles. The monoisotopic (exact) mass is 485 g/mol. The van der Waals surface area contributed by atoms with Crippen molar-refractivity contribution in [1.82, 2.24) is 14.5 Å². The first kappa shape index (κ1) is 21.1. The summed E-state index contributed by atoms with van der Waals surface area (Å²) in [7, 11) is 0. The van der Waals surface area contributed by atoms with Gasteiger partial charge in [0.1, 0.15) is 0 Å². The van der Waals surface area contributed by atoms with Gasteiger partial charge in [0.2, 0.25) is 0 Å². The Kier molecular flexibility index (Phi) is 4.58. The van der Waals surface area contributed by atoms with Crippen molar-refractivity contribution in [3.63, 3.8) is 0 Å². The summed E-state index contributed by atoms with van der Waals surface area (Å²) in [5, 5.41) is 2.54. The van der Waals surface area contributed by atoms with Crippen LogP contribution in [-0.2, 0) is 6.42 Å². The third kappa shape index (κ3) is 3.15. The van der Waals surface area contributed by atoms with Crippen molar-refractivity contribution in [3.05, 3.63) is 139 Å². The van der Waals surface area contributed by atoms with Crippen LogP contribution in [0.2, 0.25) is 0 Å². The maximum absolute atomic E-state index is 5.14. The van der Waals surface area contributed by atoms with Gasteiger partial charge in [-0.25, -0.2) is 9.97 Å². The van der Waals surface area contributed by atoms with Crippen molar-refractivity contribution in [2.45, 2.75) is 6.42 Å². The second kappa shape index (κ2) is 8.25. The maximum atomic E-state index is 5.14. The Balaban J connectivity index is 1.31. The van der Waals surface area contributed by atoms with Gasteiger partial charge in [-0.3, -0.25) is 0 Å². The first-order valence-electron chi connectivity index (χ1n) is 13.0. The zero-order valence-corrected chi connectivity index (χ0v) is 20.7. The molecule has 0 unspecified atom stereocenters. The van der Waals surface area contributed by atoms with Gasteiger partial charge >= 0.3 is 0 Å². The van der Waals surface area contributed by atoms with Crippen LogP contribution < -0.4 is 0 Å². The molecule has 0 bridgehead atoms. The van der Waals surface area contributed by atoms with Gasteiger partial charge in [-0.05, 0) is 29.8 Å². The minimum atomic E-state index is 0.766. The van der Waals surface area contributed by atoms with Crippen molar-refractivity contribution in [2.24, 2.45) is 0 Å². The highest BCUT2D eigenvalue weighted by Gasteiger charge is 2.25. The minimum absolute atomic E-state index is 0.766. The van der Waals surface area contributed by atoms with E-state index in [1.54, 1.807) is 0 Å². The van der Waals surface area contributed by atoms with E-state index in [9.17, 15) is 0 Å². The fourth-order valence-electron chi connectivity index (χ4n) is 5.89. The van der Waals surface area contributed by atoms with Crippen LogP contribution in [0.25, 0.3) is 61.4 Å². The Hall–Kier alpha value is -5.02. The molecular formula is C35H23N3. The van der Waals surface area contributed by atoms with Crippen molar-refractivity contribution < 1.29 is 0 Å². The van der Waals surface area contributed by atoms with Crippen molar-refractivity contribution >= 4 is 21.8 Å². The van der Waals surface area contributed by atoms with Gasteiger partial charge in [0.25, 0.3) is 0 Å². The van der Waals surface area contributed by atoms with E-state index in [2.05, 4.69) is 114 Å². The van der Waals surface area contributed by atoms with Crippen LogP contribution in [0.3, 0.4) is 0 Å². The van der Waals surface area contributed by atoms with Crippen LogP contribution in [0.5, 0.6) is 0 Å². The predicted octanol–water partition coefficient (Wildman–Crippen LogP) is 8.48. The molecule has 0 amide bonds. The molecule has 1 aliphatic rings. The van der Waals surface area contributed by atoms with Crippen LogP contribution in [0.1, 0.15) is 11.1 Å². The van der Waals surface area contributed by atoms with Gasteiger partial charge in [0.05, 0.1) is 22.4 Å². The molecule has 0 spiro atoms. The lowest BCUT2D eigenvalue weighted by molar-refractivity contribution is 1.13. The van der Waals surface area contributed by atoms with Crippen molar-refractivity contribution in [3.8, 4) is 39.6 Å². The van der Waals surface area contributed by atoms with Crippen LogP contribution in [-0.4, -0.2) is 14.5 Å². The Morgan fingerprint density at radius 3 is 1.84 bits per heavy atom. The summed E-state index contributed by atoms with van der Waals surface area (Å²) in [6, 6.07) is 45.0. The molecule has 0 N–H and O–H groups in total. The maximum Gasteiger partial charge on any atom is 0.160 e. The lowest BCUT2D eigenvalue weighted by Gasteiger charge is -2.13. The fourth-order valence-corrected chi connectivity index (χ4v) is 5.89. The Morgan fingerprint density at radius 2 is 1.11 bits per heavy atom.